The van der Waals surface area contributed by atoms with E-state index in [1.165, 1.54) is 5.69 Å². The van der Waals surface area contributed by atoms with E-state index in [1.54, 1.807) is 0 Å². The minimum atomic E-state index is 0.508. The van der Waals surface area contributed by atoms with Crippen molar-refractivity contribution in [1.29, 1.82) is 5.26 Å². The third kappa shape index (κ3) is 2.62. The first kappa shape index (κ1) is 12.4. The van der Waals surface area contributed by atoms with Crippen molar-refractivity contribution in [2.45, 2.75) is 13.0 Å². The lowest BCUT2D eigenvalue weighted by Gasteiger charge is -2.39. The molecule has 90 valence electrons. The van der Waals surface area contributed by atoms with E-state index in [9.17, 15) is 0 Å². The average molecular weight is 294 g/mol. The van der Waals surface area contributed by atoms with E-state index in [2.05, 4.69) is 45.8 Å². The molecular formula is C13H16BrN3. The summed E-state index contributed by atoms with van der Waals surface area (Å²) in [4.78, 5) is 4.74. The molecule has 2 rings (SSSR count). The smallest absolute Gasteiger partial charge is 0.100 e. The lowest BCUT2D eigenvalue weighted by atomic mass is 10.1. The van der Waals surface area contributed by atoms with Crippen LogP contribution < -0.4 is 4.90 Å². The van der Waals surface area contributed by atoms with E-state index < -0.39 is 0 Å². The molecule has 1 fully saturated rings. The Morgan fingerprint density at radius 2 is 2.18 bits per heavy atom. The molecule has 3 nitrogen and oxygen atoms in total. The number of hydrogen-bond donors (Lipinski definition) is 0. The Bertz CT molecular complexity index is 452. The molecule has 1 aliphatic heterocycles. The maximum Gasteiger partial charge on any atom is 0.100 e. The first-order valence-corrected chi connectivity index (χ1v) is 6.56. The molecule has 0 spiro atoms. The summed E-state index contributed by atoms with van der Waals surface area (Å²) in [5.41, 5.74) is 1.88. The van der Waals surface area contributed by atoms with Gasteiger partial charge in [-0.15, -0.1) is 0 Å². The zero-order chi connectivity index (χ0) is 12.4. The van der Waals surface area contributed by atoms with Gasteiger partial charge in [0.2, 0.25) is 0 Å². The van der Waals surface area contributed by atoms with Gasteiger partial charge in [0.05, 0.1) is 5.56 Å². The Balaban J connectivity index is 2.23. The van der Waals surface area contributed by atoms with Crippen LogP contribution in [-0.4, -0.2) is 37.6 Å². The molecule has 1 unspecified atom stereocenters. The molecule has 1 atom stereocenters. The molecule has 1 aliphatic rings. The number of benzene rings is 1. The molecule has 0 radical (unpaired) electrons. The number of likely N-dealkylation sites (N-methyl/N-ethyl adjacent to an activating group) is 1. The summed E-state index contributed by atoms with van der Waals surface area (Å²) in [7, 11) is 2.16. The van der Waals surface area contributed by atoms with Gasteiger partial charge in [0.1, 0.15) is 6.07 Å². The number of halogens is 1. The van der Waals surface area contributed by atoms with Crippen molar-refractivity contribution >= 4 is 21.6 Å². The number of piperazine rings is 1. The Kier molecular flexibility index (Phi) is 3.70. The van der Waals surface area contributed by atoms with Crippen molar-refractivity contribution in [1.82, 2.24) is 4.90 Å². The van der Waals surface area contributed by atoms with Gasteiger partial charge in [0, 0.05) is 35.8 Å². The molecule has 0 aromatic heterocycles. The van der Waals surface area contributed by atoms with Crippen LogP contribution in [0.1, 0.15) is 12.5 Å². The molecule has 4 heteroatoms. The average Bonchev–Trinajstić information content (AvgIpc) is 2.29. The SMILES string of the molecule is CC1CN(C)CCN1c1ccc(C#N)c(Br)c1. The Morgan fingerprint density at radius 1 is 1.41 bits per heavy atom. The Hall–Kier alpha value is -1.05. The maximum absolute atomic E-state index is 8.91. The highest BCUT2D eigenvalue weighted by molar-refractivity contribution is 9.10. The minimum absolute atomic E-state index is 0.508. The third-order valence-corrected chi connectivity index (χ3v) is 3.89. The summed E-state index contributed by atoms with van der Waals surface area (Å²) in [5, 5.41) is 8.91. The number of nitriles is 1. The van der Waals surface area contributed by atoms with Crippen LogP contribution in [0.2, 0.25) is 0 Å². The van der Waals surface area contributed by atoms with E-state index in [-0.39, 0.29) is 0 Å². The fourth-order valence-corrected chi connectivity index (χ4v) is 2.75. The van der Waals surface area contributed by atoms with Crippen LogP contribution in [0.25, 0.3) is 0 Å². The molecule has 1 heterocycles. The highest BCUT2D eigenvalue weighted by Crippen LogP contribution is 2.26. The molecular weight excluding hydrogens is 278 g/mol. The summed E-state index contributed by atoms with van der Waals surface area (Å²) in [6, 6.07) is 8.63. The minimum Gasteiger partial charge on any atom is -0.366 e. The quantitative estimate of drug-likeness (QED) is 0.797. The zero-order valence-electron chi connectivity index (χ0n) is 10.2. The summed E-state index contributed by atoms with van der Waals surface area (Å²) in [6.07, 6.45) is 0. The second kappa shape index (κ2) is 5.07. The zero-order valence-corrected chi connectivity index (χ0v) is 11.7. The highest BCUT2D eigenvalue weighted by atomic mass is 79.9. The van der Waals surface area contributed by atoms with E-state index >= 15 is 0 Å². The number of rotatable bonds is 1. The molecule has 1 aromatic rings. The van der Waals surface area contributed by atoms with Crippen LogP contribution in [-0.2, 0) is 0 Å². The van der Waals surface area contributed by atoms with Crippen molar-refractivity contribution in [2.75, 3.05) is 31.6 Å². The monoisotopic (exact) mass is 293 g/mol. The molecule has 0 bridgehead atoms. The van der Waals surface area contributed by atoms with Crippen LogP contribution in [0.4, 0.5) is 5.69 Å². The fourth-order valence-electron chi connectivity index (χ4n) is 2.30. The van der Waals surface area contributed by atoms with Gasteiger partial charge in [0.15, 0.2) is 0 Å². The number of hydrogen-bond acceptors (Lipinski definition) is 3. The molecule has 1 aromatic carbocycles. The molecule has 0 aliphatic carbocycles. The van der Waals surface area contributed by atoms with Crippen LogP contribution in [0.5, 0.6) is 0 Å². The van der Waals surface area contributed by atoms with Crippen molar-refractivity contribution in [3.05, 3.63) is 28.2 Å². The number of nitrogens with zero attached hydrogens (tertiary/aromatic N) is 3. The standard InChI is InChI=1S/C13H16BrN3/c1-10-9-16(2)5-6-17(10)12-4-3-11(8-15)13(14)7-12/h3-4,7,10H,5-6,9H2,1-2H3. The molecule has 1 saturated heterocycles. The van der Waals surface area contributed by atoms with Gasteiger partial charge >= 0.3 is 0 Å². The first-order valence-electron chi connectivity index (χ1n) is 5.76. The Labute approximate surface area is 111 Å². The molecule has 17 heavy (non-hydrogen) atoms. The topological polar surface area (TPSA) is 30.3 Å². The Morgan fingerprint density at radius 3 is 2.76 bits per heavy atom. The number of anilines is 1. The van der Waals surface area contributed by atoms with E-state index in [0.717, 1.165) is 24.1 Å². The van der Waals surface area contributed by atoms with Gasteiger partial charge in [0.25, 0.3) is 0 Å². The first-order chi connectivity index (χ1) is 8.11. The second-order valence-corrected chi connectivity index (χ2v) is 5.43. The van der Waals surface area contributed by atoms with E-state index in [0.29, 0.717) is 11.6 Å². The summed E-state index contributed by atoms with van der Waals surface area (Å²) >= 11 is 3.45. The van der Waals surface area contributed by atoms with Gasteiger partial charge < -0.3 is 9.80 Å². The van der Waals surface area contributed by atoms with Gasteiger partial charge in [-0.3, -0.25) is 0 Å². The fraction of sp³-hybridized carbons (Fsp3) is 0.462. The predicted octanol–water partition coefficient (Wildman–Crippen LogP) is 2.46. The maximum atomic E-state index is 8.91. The molecule has 0 N–H and O–H groups in total. The normalized spacial score (nSPS) is 21.3. The van der Waals surface area contributed by atoms with Crippen molar-refractivity contribution in [3.8, 4) is 6.07 Å². The van der Waals surface area contributed by atoms with Crippen LogP contribution >= 0.6 is 15.9 Å². The summed E-state index contributed by atoms with van der Waals surface area (Å²) in [5.74, 6) is 0. The van der Waals surface area contributed by atoms with Gasteiger partial charge in [-0.25, -0.2) is 0 Å². The van der Waals surface area contributed by atoms with Crippen molar-refractivity contribution < 1.29 is 0 Å². The van der Waals surface area contributed by atoms with Crippen LogP contribution in [0, 0.1) is 11.3 Å². The highest BCUT2D eigenvalue weighted by Gasteiger charge is 2.21. The van der Waals surface area contributed by atoms with E-state index in [1.807, 2.05) is 18.2 Å². The molecule has 0 saturated carbocycles. The summed E-state index contributed by atoms with van der Waals surface area (Å²) < 4.78 is 0.878. The second-order valence-electron chi connectivity index (χ2n) is 4.58. The lowest BCUT2D eigenvalue weighted by molar-refractivity contribution is 0.275. The van der Waals surface area contributed by atoms with Gasteiger partial charge in [-0.05, 0) is 48.1 Å². The third-order valence-electron chi connectivity index (χ3n) is 3.24. The largest absolute Gasteiger partial charge is 0.366 e. The van der Waals surface area contributed by atoms with Gasteiger partial charge in [-0.2, -0.15) is 5.26 Å². The van der Waals surface area contributed by atoms with Crippen LogP contribution in [0.15, 0.2) is 22.7 Å². The molecule has 0 amide bonds. The van der Waals surface area contributed by atoms with Gasteiger partial charge in [-0.1, -0.05) is 0 Å². The predicted molar refractivity (Wildman–Crippen MR) is 73.2 cm³/mol. The lowest BCUT2D eigenvalue weighted by Crippen LogP contribution is -2.50. The van der Waals surface area contributed by atoms with Crippen LogP contribution in [0.3, 0.4) is 0 Å². The van der Waals surface area contributed by atoms with Crippen molar-refractivity contribution in [2.24, 2.45) is 0 Å². The van der Waals surface area contributed by atoms with E-state index in [4.69, 9.17) is 5.26 Å². The summed E-state index contributed by atoms with van der Waals surface area (Å²) in [6.45, 7) is 5.44. The van der Waals surface area contributed by atoms with Crippen molar-refractivity contribution in [3.63, 3.8) is 0 Å².